The standard InChI is InChI=1S/C17H19FN2/c1-20(17-10-11-17)16-8-2-13(3-9-16)12-19-15-6-4-14(18)5-7-15/h2-9,17,19H,10-12H2,1H3. The van der Waals surface area contributed by atoms with Gasteiger partial charge in [-0.05, 0) is 54.8 Å². The lowest BCUT2D eigenvalue weighted by Crippen LogP contribution is -2.19. The number of anilines is 2. The minimum atomic E-state index is -0.206. The van der Waals surface area contributed by atoms with E-state index in [1.807, 2.05) is 0 Å². The van der Waals surface area contributed by atoms with Crippen molar-refractivity contribution >= 4 is 11.4 Å². The molecule has 2 nitrogen and oxygen atoms in total. The summed E-state index contributed by atoms with van der Waals surface area (Å²) in [6.45, 7) is 0.749. The third-order valence-electron chi connectivity index (χ3n) is 3.78. The lowest BCUT2D eigenvalue weighted by molar-refractivity contribution is 0.628. The van der Waals surface area contributed by atoms with Gasteiger partial charge in [-0.25, -0.2) is 4.39 Å². The highest BCUT2D eigenvalue weighted by Crippen LogP contribution is 2.30. The average molecular weight is 270 g/mol. The van der Waals surface area contributed by atoms with Crippen LogP contribution in [0.1, 0.15) is 18.4 Å². The highest BCUT2D eigenvalue weighted by atomic mass is 19.1. The molecule has 20 heavy (non-hydrogen) atoms. The monoisotopic (exact) mass is 270 g/mol. The van der Waals surface area contributed by atoms with Gasteiger partial charge in [-0.15, -0.1) is 0 Å². The summed E-state index contributed by atoms with van der Waals surface area (Å²) in [5, 5.41) is 3.29. The third-order valence-corrected chi connectivity index (χ3v) is 3.78. The highest BCUT2D eigenvalue weighted by Gasteiger charge is 2.26. The first kappa shape index (κ1) is 13.0. The van der Waals surface area contributed by atoms with Gasteiger partial charge in [-0.3, -0.25) is 0 Å². The fourth-order valence-corrected chi connectivity index (χ4v) is 2.29. The second-order valence-electron chi connectivity index (χ2n) is 5.37. The summed E-state index contributed by atoms with van der Waals surface area (Å²) >= 11 is 0. The van der Waals surface area contributed by atoms with Gasteiger partial charge < -0.3 is 10.2 Å². The van der Waals surface area contributed by atoms with Crippen LogP contribution in [-0.2, 0) is 6.54 Å². The molecule has 2 aromatic carbocycles. The van der Waals surface area contributed by atoms with Crippen molar-refractivity contribution in [3.63, 3.8) is 0 Å². The van der Waals surface area contributed by atoms with Crippen LogP contribution in [0.3, 0.4) is 0 Å². The molecule has 2 aromatic rings. The third kappa shape index (κ3) is 3.10. The van der Waals surface area contributed by atoms with Crippen molar-refractivity contribution in [1.29, 1.82) is 0 Å². The van der Waals surface area contributed by atoms with Gasteiger partial charge in [0.05, 0.1) is 0 Å². The molecule has 0 atom stereocenters. The predicted octanol–water partition coefficient (Wildman–Crippen LogP) is 4.04. The van der Waals surface area contributed by atoms with Gasteiger partial charge in [0.15, 0.2) is 0 Å². The van der Waals surface area contributed by atoms with Crippen molar-refractivity contribution in [1.82, 2.24) is 0 Å². The first-order chi connectivity index (χ1) is 9.72. The molecule has 1 N–H and O–H groups in total. The summed E-state index contributed by atoms with van der Waals surface area (Å²) < 4.78 is 12.8. The zero-order chi connectivity index (χ0) is 13.9. The van der Waals surface area contributed by atoms with Crippen LogP contribution in [0.2, 0.25) is 0 Å². The Labute approximate surface area is 119 Å². The molecule has 0 saturated heterocycles. The molecule has 1 aliphatic carbocycles. The maximum atomic E-state index is 12.8. The van der Waals surface area contributed by atoms with Gasteiger partial charge in [0, 0.05) is 31.0 Å². The highest BCUT2D eigenvalue weighted by molar-refractivity contribution is 5.50. The minimum absolute atomic E-state index is 0.206. The quantitative estimate of drug-likeness (QED) is 0.882. The molecule has 0 unspecified atom stereocenters. The van der Waals surface area contributed by atoms with Gasteiger partial charge >= 0.3 is 0 Å². The summed E-state index contributed by atoms with van der Waals surface area (Å²) in [6, 6.07) is 15.8. The molecule has 1 saturated carbocycles. The van der Waals surface area contributed by atoms with E-state index >= 15 is 0 Å². The number of rotatable bonds is 5. The van der Waals surface area contributed by atoms with Gasteiger partial charge in [0.25, 0.3) is 0 Å². The van der Waals surface area contributed by atoms with Crippen LogP contribution in [0.25, 0.3) is 0 Å². The van der Waals surface area contributed by atoms with Crippen LogP contribution in [0.5, 0.6) is 0 Å². The maximum Gasteiger partial charge on any atom is 0.123 e. The van der Waals surface area contributed by atoms with Crippen molar-refractivity contribution in [2.24, 2.45) is 0 Å². The minimum Gasteiger partial charge on any atom is -0.381 e. The van der Waals surface area contributed by atoms with E-state index in [1.54, 1.807) is 12.1 Å². The summed E-state index contributed by atoms with van der Waals surface area (Å²) in [7, 11) is 2.16. The summed E-state index contributed by atoms with van der Waals surface area (Å²) in [6.07, 6.45) is 2.62. The van der Waals surface area contributed by atoms with Crippen molar-refractivity contribution in [2.75, 3.05) is 17.3 Å². The van der Waals surface area contributed by atoms with E-state index in [2.05, 4.69) is 41.5 Å². The number of halogens is 1. The molecule has 3 heteroatoms. The molecule has 0 heterocycles. The molecule has 1 fully saturated rings. The molecule has 0 amide bonds. The summed E-state index contributed by atoms with van der Waals surface area (Å²) in [5.41, 5.74) is 3.44. The topological polar surface area (TPSA) is 15.3 Å². The molecule has 1 aliphatic rings. The summed E-state index contributed by atoms with van der Waals surface area (Å²) in [5.74, 6) is -0.206. The Kier molecular flexibility index (Phi) is 3.59. The molecular formula is C17H19FN2. The Morgan fingerprint density at radius 3 is 2.30 bits per heavy atom. The molecule has 0 aliphatic heterocycles. The van der Waals surface area contributed by atoms with Crippen LogP contribution < -0.4 is 10.2 Å². The fraction of sp³-hybridized carbons (Fsp3) is 0.294. The number of nitrogens with zero attached hydrogens (tertiary/aromatic N) is 1. The Morgan fingerprint density at radius 1 is 1.05 bits per heavy atom. The Balaban J connectivity index is 1.58. The van der Waals surface area contributed by atoms with E-state index in [4.69, 9.17) is 0 Å². The van der Waals surface area contributed by atoms with E-state index < -0.39 is 0 Å². The van der Waals surface area contributed by atoms with Crippen molar-refractivity contribution in [3.05, 3.63) is 59.9 Å². The second kappa shape index (κ2) is 5.53. The first-order valence-corrected chi connectivity index (χ1v) is 7.03. The van der Waals surface area contributed by atoms with Crippen LogP contribution in [-0.4, -0.2) is 13.1 Å². The molecule has 104 valence electrons. The predicted molar refractivity (Wildman–Crippen MR) is 81.6 cm³/mol. The van der Waals surface area contributed by atoms with Gasteiger partial charge in [0.2, 0.25) is 0 Å². The van der Waals surface area contributed by atoms with E-state index in [9.17, 15) is 4.39 Å². The second-order valence-corrected chi connectivity index (χ2v) is 5.37. The number of hydrogen-bond acceptors (Lipinski definition) is 2. The SMILES string of the molecule is CN(c1ccc(CNc2ccc(F)cc2)cc1)C1CC1. The van der Waals surface area contributed by atoms with Crippen LogP contribution in [0.4, 0.5) is 15.8 Å². The van der Waals surface area contributed by atoms with Crippen molar-refractivity contribution in [2.45, 2.75) is 25.4 Å². The Hall–Kier alpha value is -2.03. The molecule has 0 radical (unpaired) electrons. The number of hydrogen-bond donors (Lipinski definition) is 1. The lowest BCUT2D eigenvalue weighted by Gasteiger charge is -2.18. The van der Waals surface area contributed by atoms with Gasteiger partial charge in [-0.1, -0.05) is 12.1 Å². The largest absolute Gasteiger partial charge is 0.381 e. The van der Waals surface area contributed by atoms with E-state index in [0.717, 1.165) is 18.3 Å². The summed E-state index contributed by atoms with van der Waals surface area (Å²) in [4.78, 5) is 2.34. The van der Waals surface area contributed by atoms with Crippen LogP contribution in [0.15, 0.2) is 48.5 Å². The van der Waals surface area contributed by atoms with E-state index in [1.165, 1.54) is 36.2 Å². The molecule has 0 aromatic heterocycles. The normalized spacial score (nSPS) is 14.1. The molecule has 0 spiro atoms. The van der Waals surface area contributed by atoms with Crippen molar-refractivity contribution in [3.8, 4) is 0 Å². The number of benzene rings is 2. The van der Waals surface area contributed by atoms with Crippen molar-refractivity contribution < 1.29 is 4.39 Å². The average Bonchev–Trinajstić information content (AvgIpc) is 3.31. The number of nitrogens with one attached hydrogen (secondary N) is 1. The molecule has 0 bridgehead atoms. The maximum absolute atomic E-state index is 12.8. The Morgan fingerprint density at radius 2 is 1.70 bits per heavy atom. The van der Waals surface area contributed by atoms with Gasteiger partial charge in [-0.2, -0.15) is 0 Å². The van der Waals surface area contributed by atoms with Crippen LogP contribution >= 0.6 is 0 Å². The van der Waals surface area contributed by atoms with Crippen LogP contribution in [0, 0.1) is 5.82 Å². The van der Waals surface area contributed by atoms with E-state index in [0.29, 0.717) is 0 Å². The molecular weight excluding hydrogens is 251 g/mol. The fourth-order valence-electron chi connectivity index (χ4n) is 2.29. The van der Waals surface area contributed by atoms with E-state index in [-0.39, 0.29) is 5.82 Å². The first-order valence-electron chi connectivity index (χ1n) is 7.03. The van der Waals surface area contributed by atoms with Gasteiger partial charge in [0.1, 0.15) is 5.82 Å². The zero-order valence-corrected chi connectivity index (χ0v) is 11.6. The zero-order valence-electron chi connectivity index (χ0n) is 11.6. The smallest absolute Gasteiger partial charge is 0.123 e. The molecule has 3 rings (SSSR count). The lowest BCUT2D eigenvalue weighted by atomic mass is 10.2. The Bertz CT molecular complexity index is 559.